The lowest BCUT2D eigenvalue weighted by Crippen LogP contribution is -2.46. The summed E-state index contributed by atoms with van der Waals surface area (Å²) in [6, 6.07) is 1.11. The molecule has 1 N–H and O–H groups in total. The van der Waals surface area contributed by atoms with Gasteiger partial charge >= 0.3 is 0 Å². The quantitative estimate of drug-likeness (QED) is 0.840. The van der Waals surface area contributed by atoms with Crippen LogP contribution in [0.3, 0.4) is 0 Å². The van der Waals surface area contributed by atoms with Crippen LogP contribution in [0.4, 0.5) is 0 Å². The standard InChI is InChI=1S/C16H30N2O2/c1-3-10-17-14-4-6-15(7-5-14)18(2)16(19)13-8-11-20-12-9-13/h13-15,17H,3-12H2,1-2H3. The highest BCUT2D eigenvalue weighted by Gasteiger charge is 2.30. The lowest BCUT2D eigenvalue weighted by atomic mass is 9.89. The Morgan fingerprint density at radius 3 is 2.40 bits per heavy atom. The van der Waals surface area contributed by atoms with Crippen LogP contribution in [0.2, 0.25) is 0 Å². The van der Waals surface area contributed by atoms with Gasteiger partial charge in [-0.1, -0.05) is 6.92 Å². The van der Waals surface area contributed by atoms with E-state index in [4.69, 9.17) is 4.74 Å². The summed E-state index contributed by atoms with van der Waals surface area (Å²) < 4.78 is 5.35. The fraction of sp³-hybridized carbons (Fsp3) is 0.938. The predicted molar refractivity (Wildman–Crippen MR) is 80.7 cm³/mol. The molecule has 0 radical (unpaired) electrons. The minimum atomic E-state index is 0.199. The molecule has 2 fully saturated rings. The summed E-state index contributed by atoms with van der Waals surface area (Å²) in [7, 11) is 2.00. The maximum absolute atomic E-state index is 12.5. The summed E-state index contributed by atoms with van der Waals surface area (Å²) in [5.74, 6) is 0.544. The van der Waals surface area contributed by atoms with Gasteiger partial charge in [0.15, 0.2) is 0 Å². The molecule has 1 heterocycles. The van der Waals surface area contributed by atoms with Crippen LogP contribution in [0.15, 0.2) is 0 Å². The summed E-state index contributed by atoms with van der Waals surface area (Å²) in [5.41, 5.74) is 0. The van der Waals surface area contributed by atoms with E-state index in [-0.39, 0.29) is 5.92 Å². The molecule has 2 rings (SSSR count). The first-order valence-electron chi connectivity index (χ1n) is 8.30. The average molecular weight is 282 g/mol. The monoisotopic (exact) mass is 282 g/mol. The minimum Gasteiger partial charge on any atom is -0.381 e. The van der Waals surface area contributed by atoms with Gasteiger partial charge in [-0.3, -0.25) is 4.79 Å². The Hall–Kier alpha value is -0.610. The van der Waals surface area contributed by atoms with Gasteiger partial charge in [0, 0.05) is 38.3 Å². The zero-order valence-corrected chi connectivity index (χ0v) is 13.1. The van der Waals surface area contributed by atoms with Crippen LogP contribution < -0.4 is 5.32 Å². The SMILES string of the molecule is CCCNC1CCC(N(C)C(=O)C2CCOCC2)CC1. The zero-order valence-electron chi connectivity index (χ0n) is 13.1. The zero-order chi connectivity index (χ0) is 14.4. The van der Waals surface area contributed by atoms with Crippen LogP contribution >= 0.6 is 0 Å². The normalized spacial score (nSPS) is 28.3. The van der Waals surface area contributed by atoms with Gasteiger partial charge in [-0.25, -0.2) is 0 Å². The number of hydrogen-bond acceptors (Lipinski definition) is 3. The Labute approximate surface area is 123 Å². The second-order valence-electron chi connectivity index (χ2n) is 6.30. The Kier molecular flexibility index (Phi) is 6.30. The van der Waals surface area contributed by atoms with Crippen molar-refractivity contribution in [2.75, 3.05) is 26.8 Å². The number of nitrogens with one attached hydrogen (secondary N) is 1. The highest BCUT2D eigenvalue weighted by atomic mass is 16.5. The molecule has 116 valence electrons. The summed E-state index contributed by atoms with van der Waals surface area (Å²) in [6.45, 7) is 4.82. The first-order valence-corrected chi connectivity index (χ1v) is 8.30. The molecule has 0 atom stereocenters. The Morgan fingerprint density at radius 2 is 1.80 bits per heavy atom. The molecule has 4 heteroatoms. The maximum atomic E-state index is 12.5. The maximum Gasteiger partial charge on any atom is 0.225 e. The number of hydrogen-bond donors (Lipinski definition) is 1. The molecule has 0 spiro atoms. The molecular formula is C16H30N2O2. The largest absolute Gasteiger partial charge is 0.381 e. The van der Waals surface area contributed by atoms with Crippen molar-refractivity contribution in [3.05, 3.63) is 0 Å². The van der Waals surface area contributed by atoms with Crippen LogP contribution in [-0.2, 0) is 9.53 Å². The number of ether oxygens (including phenoxy) is 1. The van der Waals surface area contributed by atoms with Crippen LogP contribution in [-0.4, -0.2) is 49.7 Å². The van der Waals surface area contributed by atoms with E-state index in [1.165, 1.54) is 19.3 Å². The molecule has 1 aliphatic carbocycles. The van der Waals surface area contributed by atoms with E-state index in [1.54, 1.807) is 0 Å². The van der Waals surface area contributed by atoms with E-state index >= 15 is 0 Å². The summed E-state index contributed by atoms with van der Waals surface area (Å²) in [6.07, 6.45) is 7.70. The number of rotatable bonds is 5. The molecule has 4 nitrogen and oxygen atoms in total. The average Bonchev–Trinajstić information content (AvgIpc) is 2.53. The molecule has 1 amide bonds. The number of amides is 1. The number of nitrogens with zero attached hydrogens (tertiary/aromatic N) is 1. The van der Waals surface area contributed by atoms with Crippen LogP contribution in [0.1, 0.15) is 51.9 Å². The van der Waals surface area contributed by atoms with Crippen molar-refractivity contribution >= 4 is 5.91 Å². The van der Waals surface area contributed by atoms with E-state index in [2.05, 4.69) is 12.2 Å². The Balaban J connectivity index is 1.75. The second-order valence-corrected chi connectivity index (χ2v) is 6.30. The van der Waals surface area contributed by atoms with E-state index in [9.17, 15) is 4.79 Å². The lowest BCUT2D eigenvalue weighted by Gasteiger charge is -2.37. The Bertz CT molecular complexity index is 295. The van der Waals surface area contributed by atoms with Crippen molar-refractivity contribution in [1.29, 1.82) is 0 Å². The molecule has 0 unspecified atom stereocenters. The Morgan fingerprint density at radius 1 is 1.15 bits per heavy atom. The van der Waals surface area contributed by atoms with Crippen molar-refractivity contribution in [2.24, 2.45) is 5.92 Å². The second kappa shape index (κ2) is 7.99. The van der Waals surface area contributed by atoms with Gasteiger partial charge < -0.3 is 15.0 Å². The highest BCUT2D eigenvalue weighted by molar-refractivity contribution is 5.79. The van der Waals surface area contributed by atoms with Crippen molar-refractivity contribution in [3.8, 4) is 0 Å². The van der Waals surface area contributed by atoms with Gasteiger partial charge in [0.05, 0.1) is 0 Å². The van der Waals surface area contributed by atoms with Crippen molar-refractivity contribution < 1.29 is 9.53 Å². The first kappa shape index (κ1) is 15.8. The van der Waals surface area contributed by atoms with Crippen molar-refractivity contribution in [3.63, 3.8) is 0 Å². The molecule has 2 aliphatic rings. The molecule has 0 bridgehead atoms. The van der Waals surface area contributed by atoms with Gasteiger partial charge in [-0.05, 0) is 51.5 Å². The summed E-state index contributed by atoms with van der Waals surface area (Å²) >= 11 is 0. The van der Waals surface area contributed by atoms with E-state index in [1.807, 2.05) is 11.9 Å². The van der Waals surface area contributed by atoms with Gasteiger partial charge in [0.2, 0.25) is 5.91 Å². The topological polar surface area (TPSA) is 41.6 Å². The van der Waals surface area contributed by atoms with Crippen molar-refractivity contribution in [1.82, 2.24) is 10.2 Å². The number of carbonyl (C=O) groups excluding carboxylic acids is 1. The summed E-state index contributed by atoms with van der Waals surface area (Å²) in [5, 5.41) is 3.60. The van der Waals surface area contributed by atoms with Crippen LogP contribution in [0.25, 0.3) is 0 Å². The van der Waals surface area contributed by atoms with Gasteiger partial charge in [0.25, 0.3) is 0 Å². The third-order valence-electron chi connectivity index (χ3n) is 4.85. The lowest BCUT2D eigenvalue weighted by molar-refractivity contribution is -0.140. The van der Waals surface area contributed by atoms with E-state index in [0.717, 1.165) is 45.4 Å². The number of carbonyl (C=O) groups is 1. The van der Waals surface area contributed by atoms with Crippen molar-refractivity contribution in [2.45, 2.75) is 64.0 Å². The molecule has 1 saturated carbocycles. The van der Waals surface area contributed by atoms with E-state index < -0.39 is 0 Å². The van der Waals surface area contributed by atoms with Gasteiger partial charge in [-0.15, -0.1) is 0 Å². The molecule has 0 aromatic heterocycles. The fourth-order valence-electron chi connectivity index (χ4n) is 3.43. The van der Waals surface area contributed by atoms with E-state index in [0.29, 0.717) is 18.0 Å². The molecule has 1 aliphatic heterocycles. The predicted octanol–water partition coefficient (Wildman–Crippen LogP) is 2.18. The molecule has 0 aromatic rings. The molecule has 0 aromatic carbocycles. The highest BCUT2D eigenvalue weighted by Crippen LogP contribution is 2.25. The smallest absolute Gasteiger partial charge is 0.225 e. The molecule has 20 heavy (non-hydrogen) atoms. The summed E-state index contributed by atoms with van der Waals surface area (Å²) in [4.78, 5) is 14.5. The third-order valence-corrected chi connectivity index (χ3v) is 4.85. The van der Waals surface area contributed by atoms with Gasteiger partial charge in [0.1, 0.15) is 0 Å². The third kappa shape index (κ3) is 4.19. The van der Waals surface area contributed by atoms with Crippen LogP contribution in [0, 0.1) is 5.92 Å². The fourth-order valence-corrected chi connectivity index (χ4v) is 3.43. The minimum absolute atomic E-state index is 0.199. The first-order chi connectivity index (χ1) is 9.72. The molecular weight excluding hydrogens is 252 g/mol. The van der Waals surface area contributed by atoms with Gasteiger partial charge in [-0.2, -0.15) is 0 Å². The molecule has 1 saturated heterocycles. The van der Waals surface area contributed by atoms with Crippen LogP contribution in [0.5, 0.6) is 0 Å².